The number of aryl methyl sites for hydroxylation is 1. The van der Waals surface area contributed by atoms with E-state index in [-0.39, 0.29) is 0 Å². The van der Waals surface area contributed by atoms with E-state index < -0.39 is 0 Å². The summed E-state index contributed by atoms with van der Waals surface area (Å²) in [6.07, 6.45) is 3.54. The van der Waals surface area contributed by atoms with E-state index in [4.69, 9.17) is 0 Å². The number of aromatic nitrogens is 3. The first-order valence-corrected chi connectivity index (χ1v) is 6.43. The number of H-pyrrole nitrogens is 1. The normalized spacial score (nSPS) is 10.6. The van der Waals surface area contributed by atoms with E-state index in [0.717, 1.165) is 36.2 Å². The van der Waals surface area contributed by atoms with Crippen LogP contribution in [-0.2, 0) is 13.0 Å². The van der Waals surface area contributed by atoms with Gasteiger partial charge in [-0.1, -0.05) is 28.1 Å². The van der Waals surface area contributed by atoms with E-state index in [1.54, 1.807) is 6.33 Å². The molecule has 4 nitrogen and oxygen atoms in total. The van der Waals surface area contributed by atoms with Crippen LogP contribution in [0.15, 0.2) is 35.1 Å². The second-order valence-electron chi connectivity index (χ2n) is 3.84. The van der Waals surface area contributed by atoms with Gasteiger partial charge in [0.05, 0.1) is 0 Å². The third-order valence-electron chi connectivity index (χ3n) is 2.45. The van der Waals surface area contributed by atoms with Crippen LogP contribution >= 0.6 is 15.9 Å². The van der Waals surface area contributed by atoms with Crippen LogP contribution in [-0.4, -0.2) is 21.7 Å². The lowest BCUT2D eigenvalue weighted by Crippen LogP contribution is -2.15. The van der Waals surface area contributed by atoms with Gasteiger partial charge in [0, 0.05) is 17.4 Å². The first-order valence-electron chi connectivity index (χ1n) is 5.64. The van der Waals surface area contributed by atoms with Gasteiger partial charge in [-0.15, -0.1) is 0 Å². The van der Waals surface area contributed by atoms with Gasteiger partial charge in [-0.3, -0.25) is 5.10 Å². The van der Waals surface area contributed by atoms with Gasteiger partial charge < -0.3 is 5.32 Å². The number of hydrogen-bond donors (Lipinski definition) is 2. The average Bonchev–Trinajstić information content (AvgIpc) is 2.82. The summed E-state index contributed by atoms with van der Waals surface area (Å²) in [7, 11) is 0. The van der Waals surface area contributed by atoms with Gasteiger partial charge >= 0.3 is 0 Å². The molecular weight excluding hydrogens is 280 g/mol. The lowest BCUT2D eigenvalue weighted by Gasteiger charge is -2.04. The molecule has 0 spiro atoms. The summed E-state index contributed by atoms with van der Waals surface area (Å²) in [6.45, 7) is 1.88. The van der Waals surface area contributed by atoms with Crippen LogP contribution in [0.5, 0.6) is 0 Å². The predicted molar refractivity (Wildman–Crippen MR) is 70.6 cm³/mol. The van der Waals surface area contributed by atoms with Gasteiger partial charge in [-0.2, -0.15) is 5.10 Å². The second-order valence-corrected chi connectivity index (χ2v) is 4.76. The molecule has 2 aromatic rings. The van der Waals surface area contributed by atoms with Crippen LogP contribution in [0.2, 0.25) is 0 Å². The fourth-order valence-corrected chi connectivity index (χ4v) is 2.06. The summed E-state index contributed by atoms with van der Waals surface area (Å²) < 4.78 is 1.12. The Hall–Kier alpha value is -1.20. The van der Waals surface area contributed by atoms with E-state index in [0.29, 0.717) is 0 Å². The Kier molecular flexibility index (Phi) is 4.70. The lowest BCUT2D eigenvalue weighted by atomic mass is 10.2. The molecule has 0 aliphatic rings. The Labute approximate surface area is 109 Å². The van der Waals surface area contributed by atoms with E-state index in [2.05, 4.69) is 54.6 Å². The molecule has 0 saturated carbocycles. The topological polar surface area (TPSA) is 53.6 Å². The fourth-order valence-electron chi connectivity index (χ4n) is 1.61. The Balaban J connectivity index is 1.63. The zero-order chi connectivity index (χ0) is 11.9. The van der Waals surface area contributed by atoms with E-state index in [9.17, 15) is 0 Å². The van der Waals surface area contributed by atoms with Crippen LogP contribution in [0.1, 0.15) is 17.8 Å². The molecule has 0 atom stereocenters. The molecular formula is C12H15BrN4. The average molecular weight is 295 g/mol. The van der Waals surface area contributed by atoms with E-state index in [1.165, 1.54) is 5.56 Å². The van der Waals surface area contributed by atoms with Crippen molar-refractivity contribution < 1.29 is 0 Å². The lowest BCUT2D eigenvalue weighted by molar-refractivity contribution is 0.639. The minimum absolute atomic E-state index is 0.899. The molecule has 1 heterocycles. The maximum Gasteiger partial charge on any atom is 0.137 e. The number of hydrogen-bond acceptors (Lipinski definition) is 3. The van der Waals surface area contributed by atoms with Gasteiger partial charge in [0.2, 0.25) is 0 Å². The third-order valence-corrected chi connectivity index (χ3v) is 2.94. The number of nitrogens with zero attached hydrogens (tertiary/aromatic N) is 2. The van der Waals surface area contributed by atoms with Crippen molar-refractivity contribution in [1.29, 1.82) is 0 Å². The largest absolute Gasteiger partial charge is 0.313 e. The number of nitrogens with one attached hydrogen (secondary N) is 2. The van der Waals surface area contributed by atoms with Crippen molar-refractivity contribution in [2.45, 2.75) is 19.4 Å². The summed E-state index contributed by atoms with van der Waals surface area (Å²) in [5.41, 5.74) is 1.29. The molecule has 2 rings (SSSR count). The smallest absolute Gasteiger partial charge is 0.137 e. The van der Waals surface area contributed by atoms with Gasteiger partial charge in [-0.05, 0) is 30.7 Å². The Morgan fingerprint density at radius 2 is 2.29 bits per heavy atom. The highest BCUT2D eigenvalue weighted by molar-refractivity contribution is 9.10. The molecule has 90 valence electrons. The number of rotatable bonds is 6. The highest BCUT2D eigenvalue weighted by Gasteiger charge is 1.96. The molecule has 5 heteroatoms. The summed E-state index contributed by atoms with van der Waals surface area (Å²) in [6, 6.07) is 8.33. The fraction of sp³-hybridized carbons (Fsp3) is 0.333. The molecule has 0 bridgehead atoms. The first-order chi connectivity index (χ1) is 8.34. The summed E-state index contributed by atoms with van der Waals surface area (Å²) in [5, 5.41) is 10.1. The van der Waals surface area contributed by atoms with Crippen LogP contribution < -0.4 is 5.32 Å². The number of halogens is 1. The molecule has 0 aliphatic heterocycles. The minimum atomic E-state index is 0.899. The molecule has 0 radical (unpaired) electrons. The maximum atomic E-state index is 4.08. The van der Waals surface area contributed by atoms with Gasteiger partial charge in [0.15, 0.2) is 0 Å². The molecule has 0 aliphatic carbocycles. The molecule has 0 saturated heterocycles. The third kappa shape index (κ3) is 4.28. The van der Waals surface area contributed by atoms with Gasteiger partial charge in [-0.25, -0.2) is 4.98 Å². The highest BCUT2D eigenvalue weighted by atomic mass is 79.9. The predicted octanol–water partition coefficient (Wildman–Crippen LogP) is 2.29. The molecule has 0 fully saturated rings. The molecule has 0 unspecified atom stereocenters. The standard InChI is InChI=1S/C12H15BrN4/c13-11-4-1-3-10(7-11)8-14-6-2-5-12-15-9-16-17-12/h1,3-4,7,9,14H,2,5-6,8H2,(H,15,16,17). The van der Waals surface area contributed by atoms with Crippen molar-refractivity contribution in [3.63, 3.8) is 0 Å². The summed E-state index contributed by atoms with van der Waals surface area (Å²) in [5.74, 6) is 0.953. The molecule has 0 amide bonds. The van der Waals surface area contributed by atoms with Crippen LogP contribution in [0.4, 0.5) is 0 Å². The van der Waals surface area contributed by atoms with Crippen molar-refractivity contribution in [2.75, 3.05) is 6.54 Å². The molecule has 2 N–H and O–H groups in total. The van der Waals surface area contributed by atoms with E-state index >= 15 is 0 Å². The second kappa shape index (κ2) is 6.51. The first kappa shape index (κ1) is 12.3. The molecule has 17 heavy (non-hydrogen) atoms. The van der Waals surface area contributed by atoms with Gasteiger partial charge in [0.25, 0.3) is 0 Å². The zero-order valence-electron chi connectivity index (χ0n) is 9.49. The van der Waals surface area contributed by atoms with Crippen molar-refractivity contribution in [3.8, 4) is 0 Å². The number of benzene rings is 1. The quantitative estimate of drug-likeness (QED) is 0.804. The van der Waals surface area contributed by atoms with E-state index in [1.807, 2.05) is 6.07 Å². The Morgan fingerprint density at radius 1 is 1.35 bits per heavy atom. The van der Waals surface area contributed by atoms with Crippen molar-refractivity contribution in [1.82, 2.24) is 20.5 Å². The Bertz CT molecular complexity index is 442. The Morgan fingerprint density at radius 3 is 3.06 bits per heavy atom. The highest BCUT2D eigenvalue weighted by Crippen LogP contribution is 2.11. The monoisotopic (exact) mass is 294 g/mol. The van der Waals surface area contributed by atoms with Crippen LogP contribution in [0.3, 0.4) is 0 Å². The van der Waals surface area contributed by atoms with Crippen LogP contribution in [0, 0.1) is 0 Å². The van der Waals surface area contributed by atoms with Crippen molar-refractivity contribution in [3.05, 3.63) is 46.5 Å². The van der Waals surface area contributed by atoms with Crippen LogP contribution in [0.25, 0.3) is 0 Å². The maximum absolute atomic E-state index is 4.08. The zero-order valence-corrected chi connectivity index (χ0v) is 11.1. The van der Waals surface area contributed by atoms with Gasteiger partial charge in [0.1, 0.15) is 12.2 Å². The summed E-state index contributed by atoms with van der Waals surface area (Å²) >= 11 is 3.46. The SMILES string of the molecule is Brc1cccc(CNCCCc2ncn[nH]2)c1. The molecule has 1 aromatic heterocycles. The van der Waals surface area contributed by atoms with Crippen molar-refractivity contribution >= 4 is 15.9 Å². The van der Waals surface area contributed by atoms with Crippen molar-refractivity contribution in [2.24, 2.45) is 0 Å². The minimum Gasteiger partial charge on any atom is -0.313 e. The molecule has 1 aromatic carbocycles. The number of aromatic amines is 1. The summed E-state index contributed by atoms with van der Waals surface area (Å²) in [4.78, 5) is 4.08.